The SMILES string of the molecule is CN(Cc1nc2ccccc2s1)Cc1cc(=O)oc2cc(Br)ccc12. The highest BCUT2D eigenvalue weighted by molar-refractivity contribution is 9.10. The summed E-state index contributed by atoms with van der Waals surface area (Å²) < 4.78 is 7.40. The van der Waals surface area contributed by atoms with Gasteiger partial charge in [-0.25, -0.2) is 9.78 Å². The van der Waals surface area contributed by atoms with Crippen molar-refractivity contribution in [3.63, 3.8) is 0 Å². The molecule has 2 heterocycles. The maximum atomic E-state index is 11.9. The Morgan fingerprint density at radius 2 is 2.00 bits per heavy atom. The summed E-state index contributed by atoms with van der Waals surface area (Å²) in [5.74, 6) is 0. The zero-order valence-electron chi connectivity index (χ0n) is 13.5. The van der Waals surface area contributed by atoms with E-state index in [-0.39, 0.29) is 5.63 Å². The van der Waals surface area contributed by atoms with Crippen molar-refractivity contribution in [2.75, 3.05) is 7.05 Å². The molecule has 6 heteroatoms. The fraction of sp³-hybridized carbons (Fsp3) is 0.158. The Morgan fingerprint density at radius 3 is 2.84 bits per heavy atom. The molecule has 0 unspecified atom stereocenters. The van der Waals surface area contributed by atoms with E-state index in [1.165, 1.54) is 4.70 Å². The van der Waals surface area contributed by atoms with E-state index >= 15 is 0 Å². The number of nitrogens with zero attached hydrogens (tertiary/aromatic N) is 2. The molecule has 25 heavy (non-hydrogen) atoms. The molecule has 2 aromatic carbocycles. The van der Waals surface area contributed by atoms with Gasteiger partial charge in [-0.1, -0.05) is 28.1 Å². The lowest BCUT2D eigenvalue weighted by molar-refractivity contribution is 0.319. The van der Waals surface area contributed by atoms with E-state index in [0.717, 1.165) is 32.5 Å². The minimum absolute atomic E-state index is 0.325. The molecule has 0 fully saturated rings. The third-order valence-electron chi connectivity index (χ3n) is 3.98. The van der Waals surface area contributed by atoms with E-state index in [2.05, 4.69) is 31.9 Å². The molecule has 0 aliphatic rings. The normalized spacial score (nSPS) is 11.6. The second kappa shape index (κ2) is 6.71. The van der Waals surface area contributed by atoms with E-state index in [1.54, 1.807) is 17.4 Å². The van der Waals surface area contributed by atoms with Crippen molar-refractivity contribution in [3.05, 3.63) is 74.0 Å². The van der Waals surface area contributed by atoms with E-state index in [0.29, 0.717) is 12.1 Å². The van der Waals surface area contributed by atoms with Crippen LogP contribution in [0.3, 0.4) is 0 Å². The summed E-state index contributed by atoms with van der Waals surface area (Å²) in [7, 11) is 2.03. The number of rotatable bonds is 4. The highest BCUT2D eigenvalue weighted by atomic mass is 79.9. The second-order valence-corrected chi connectivity index (χ2v) is 8.01. The average molecular weight is 415 g/mol. The number of hydrogen-bond donors (Lipinski definition) is 0. The number of fused-ring (bicyclic) bond motifs is 2. The van der Waals surface area contributed by atoms with Gasteiger partial charge in [-0.05, 0) is 42.9 Å². The molecular formula is C19H15BrN2O2S. The highest BCUT2D eigenvalue weighted by Gasteiger charge is 2.11. The molecule has 0 aliphatic carbocycles. The van der Waals surface area contributed by atoms with Crippen molar-refractivity contribution in [3.8, 4) is 0 Å². The Bertz CT molecular complexity index is 1090. The average Bonchev–Trinajstić information content (AvgIpc) is 2.96. The van der Waals surface area contributed by atoms with Crippen LogP contribution in [0.25, 0.3) is 21.2 Å². The van der Waals surface area contributed by atoms with Crippen LogP contribution in [0.15, 0.2) is 62.2 Å². The van der Waals surface area contributed by atoms with Crippen molar-refractivity contribution >= 4 is 48.5 Å². The van der Waals surface area contributed by atoms with Gasteiger partial charge >= 0.3 is 5.63 Å². The topological polar surface area (TPSA) is 46.3 Å². The van der Waals surface area contributed by atoms with Gasteiger partial charge in [0.05, 0.1) is 16.8 Å². The fourth-order valence-corrected chi connectivity index (χ4v) is 4.29. The molecular weight excluding hydrogens is 400 g/mol. The van der Waals surface area contributed by atoms with Crippen LogP contribution >= 0.6 is 27.3 Å². The summed E-state index contributed by atoms with van der Waals surface area (Å²) in [4.78, 5) is 18.7. The van der Waals surface area contributed by atoms with Gasteiger partial charge in [0.25, 0.3) is 0 Å². The monoisotopic (exact) mass is 414 g/mol. The molecule has 0 N–H and O–H groups in total. The highest BCUT2D eigenvalue weighted by Crippen LogP contribution is 2.25. The Kier molecular flexibility index (Phi) is 4.41. The minimum atomic E-state index is -0.325. The van der Waals surface area contributed by atoms with Gasteiger partial charge in [0.2, 0.25) is 0 Å². The third-order valence-corrected chi connectivity index (χ3v) is 5.49. The lowest BCUT2D eigenvalue weighted by Gasteiger charge is -2.16. The summed E-state index contributed by atoms with van der Waals surface area (Å²) >= 11 is 5.12. The van der Waals surface area contributed by atoms with Gasteiger partial charge in [-0.2, -0.15) is 0 Å². The number of thiazole rings is 1. The fourth-order valence-electron chi connectivity index (χ4n) is 2.90. The van der Waals surface area contributed by atoms with E-state index in [1.807, 2.05) is 43.4 Å². The largest absolute Gasteiger partial charge is 0.423 e. The molecule has 4 rings (SSSR count). The summed E-state index contributed by atoms with van der Waals surface area (Å²) in [5, 5.41) is 2.03. The maximum Gasteiger partial charge on any atom is 0.336 e. The van der Waals surface area contributed by atoms with Gasteiger partial charge in [0.1, 0.15) is 10.6 Å². The molecule has 0 radical (unpaired) electrons. The first-order valence-electron chi connectivity index (χ1n) is 7.84. The molecule has 0 saturated carbocycles. The molecule has 4 nitrogen and oxygen atoms in total. The summed E-state index contributed by atoms with van der Waals surface area (Å²) in [6.07, 6.45) is 0. The number of hydrogen-bond acceptors (Lipinski definition) is 5. The maximum absolute atomic E-state index is 11.9. The van der Waals surface area contributed by atoms with Crippen LogP contribution < -0.4 is 5.63 Å². The van der Waals surface area contributed by atoms with Crippen molar-refractivity contribution in [1.82, 2.24) is 9.88 Å². The molecule has 0 atom stereocenters. The number of para-hydroxylation sites is 1. The van der Waals surface area contributed by atoms with Gasteiger partial charge in [-0.15, -0.1) is 11.3 Å². The Labute approximate surface area is 156 Å². The molecule has 126 valence electrons. The van der Waals surface area contributed by atoms with Crippen LogP contribution in [0.4, 0.5) is 0 Å². The molecule has 4 aromatic rings. The van der Waals surface area contributed by atoms with Crippen LogP contribution in [0.5, 0.6) is 0 Å². The molecule has 2 aromatic heterocycles. The molecule has 0 spiro atoms. The van der Waals surface area contributed by atoms with Crippen molar-refractivity contribution in [2.45, 2.75) is 13.1 Å². The summed E-state index contributed by atoms with van der Waals surface area (Å²) in [6.45, 7) is 1.39. The van der Waals surface area contributed by atoms with Crippen LogP contribution in [0.1, 0.15) is 10.6 Å². The first-order valence-corrected chi connectivity index (χ1v) is 9.45. The van der Waals surface area contributed by atoms with Crippen LogP contribution in [0, 0.1) is 0 Å². The smallest absolute Gasteiger partial charge is 0.336 e. The Morgan fingerprint density at radius 1 is 1.16 bits per heavy atom. The number of halogens is 1. The third kappa shape index (κ3) is 3.51. The summed E-state index contributed by atoms with van der Waals surface area (Å²) in [6, 6.07) is 15.5. The van der Waals surface area contributed by atoms with Gasteiger partial charge in [0.15, 0.2) is 0 Å². The van der Waals surface area contributed by atoms with E-state index < -0.39 is 0 Å². The van der Waals surface area contributed by atoms with Crippen LogP contribution in [-0.2, 0) is 13.1 Å². The summed E-state index contributed by atoms with van der Waals surface area (Å²) in [5.41, 5.74) is 2.27. The zero-order chi connectivity index (χ0) is 17.4. The zero-order valence-corrected chi connectivity index (χ0v) is 15.9. The van der Waals surface area contributed by atoms with Crippen molar-refractivity contribution in [1.29, 1.82) is 0 Å². The van der Waals surface area contributed by atoms with Crippen LogP contribution in [-0.4, -0.2) is 16.9 Å². The molecule has 0 bridgehead atoms. The lowest BCUT2D eigenvalue weighted by Crippen LogP contribution is -2.18. The molecule has 0 saturated heterocycles. The van der Waals surface area contributed by atoms with Crippen molar-refractivity contribution in [2.24, 2.45) is 0 Å². The van der Waals surface area contributed by atoms with Gasteiger partial charge in [-0.3, -0.25) is 4.90 Å². The van der Waals surface area contributed by atoms with Crippen LogP contribution in [0.2, 0.25) is 0 Å². The minimum Gasteiger partial charge on any atom is -0.423 e. The predicted molar refractivity (Wildman–Crippen MR) is 105 cm³/mol. The van der Waals surface area contributed by atoms with Gasteiger partial charge in [0, 0.05) is 22.5 Å². The lowest BCUT2D eigenvalue weighted by atomic mass is 10.1. The van der Waals surface area contributed by atoms with Gasteiger partial charge < -0.3 is 4.42 Å². The molecule has 0 aliphatic heterocycles. The van der Waals surface area contributed by atoms with E-state index in [4.69, 9.17) is 4.42 Å². The quantitative estimate of drug-likeness (QED) is 0.450. The van der Waals surface area contributed by atoms with Crippen molar-refractivity contribution < 1.29 is 4.42 Å². The Hall–Kier alpha value is -2.02. The number of aromatic nitrogens is 1. The number of benzene rings is 2. The first-order chi connectivity index (χ1) is 12.1. The first kappa shape index (κ1) is 16.4. The van der Waals surface area contributed by atoms with E-state index in [9.17, 15) is 4.79 Å². The Balaban J connectivity index is 1.61. The second-order valence-electron chi connectivity index (χ2n) is 5.98. The predicted octanol–water partition coefficient (Wildman–Crippen LogP) is 4.80. The molecule has 0 amide bonds. The standard InChI is InChI=1S/C19H15BrN2O2S/c1-22(11-18-21-15-4-2-3-5-17(15)25-18)10-12-8-19(23)24-16-9-13(20)6-7-14(12)16/h2-9H,10-11H2,1H3.